The minimum atomic E-state index is -0.730. The van der Waals surface area contributed by atoms with Crippen molar-refractivity contribution in [2.75, 3.05) is 30.6 Å². The van der Waals surface area contributed by atoms with Gasteiger partial charge in [-0.1, -0.05) is 56.1 Å². The Balaban J connectivity index is 2.10. The first-order chi connectivity index (χ1) is 14.3. The van der Waals surface area contributed by atoms with Crippen molar-refractivity contribution in [1.82, 2.24) is 0 Å². The average molecular weight is 492 g/mol. The Morgan fingerprint density at radius 1 is 1.00 bits per heavy atom. The van der Waals surface area contributed by atoms with E-state index in [0.29, 0.717) is 28.2 Å². The van der Waals surface area contributed by atoms with Gasteiger partial charge < -0.3 is 14.6 Å². The van der Waals surface area contributed by atoms with E-state index in [2.05, 4.69) is 20.8 Å². The van der Waals surface area contributed by atoms with Crippen LogP contribution in [0.4, 0.5) is 0 Å². The Morgan fingerprint density at radius 3 is 2.07 bits per heavy atom. The summed E-state index contributed by atoms with van der Waals surface area (Å²) in [5, 5.41) is 10.6. The van der Waals surface area contributed by atoms with Gasteiger partial charge in [-0.2, -0.15) is 11.8 Å². The summed E-state index contributed by atoms with van der Waals surface area (Å²) in [5.41, 5.74) is 1.76. The Morgan fingerprint density at radius 2 is 1.57 bits per heavy atom. The first kappa shape index (κ1) is 25.5. The molecule has 1 unspecified atom stereocenters. The van der Waals surface area contributed by atoms with Gasteiger partial charge >= 0.3 is 0 Å². The van der Waals surface area contributed by atoms with E-state index in [1.165, 1.54) is 0 Å². The first-order valence-electron chi connectivity index (χ1n) is 9.97. The second-order valence-electron chi connectivity index (χ2n) is 7.43. The number of benzene rings is 2. The molecule has 2 aromatic rings. The summed E-state index contributed by atoms with van der Waals surface area (Å²) < 4.78 is 11.4. The van der Waals surface area contributed by atoms with E-state index in [9.17, 15) is 5.11 Å². The molecule has 0 radical (unpaired) electrons. The lowest BCUT2D eigenvalue weighted by atomic mass is 9.78. The second-order valence-corrected chi connectivity index (χ2v) is 9.95. The molecule has 166 valence electrons. The summed E-state index contributed by atoms with van der Waals surface area (Å²) in [6.45, 7) is 7.14. The van der Waals surface area contributed by atoms with Gasteiger partial charge in [-0.25, -0.2) is 0 Å². The highest BCUT2D eigenvalue weighted by molar-refractivity contribution is 7.99. The van der Waals surface area contributed by atoms with Gasteiger partial charge in [0, 0.05) is 5.41 Å². The van der Waals surface area contributed by atoms with E-state index in [1.54, 1.807) is 0 Å². The van der Waals surface area contributed by atoms with Gasteiger partial charge in [0.1, 0.15) is 24.2 Å². The molecular weight excluding hydrogens is 463 g/mol. The SMILES string of the molecule is CCSCCCOc1ccc(C(C)(C)c2ccc(OCC(O)CCl)c(Cl)c2)cc1Cl. The van der Waals surface area contributed by atoms with Crippen LogP contribution < -0.4 is 9.47 Å². The molecule has 0 heterocycles. The molecule has 0 aliphatic carbocycles. The van der Waals surface area contributed by atoms with Crippen molar-refractivity contribution in [3.8, 4) is 11.5 Å². The van der Waals surface area contributed by atoms with Crippen LogP contribution in [-0.2, 0) is 5.41 Å². The molecule has 3 nitrogen and oxygen atoms in total. The lowest BCUT2D eigenvalue weighted by Crippen LogP contribution is -2.20. The molecule has 30 heavy (non-hydrogen) atoms. The van der Waals surface area contributed by atoms with Crippen LogP contribution in [-0.4, -0.2) is 41.8 Å². The predicted molar refractivity (Wildman–Crippen MR) is 130 cm³/mol. The molecular formula is C23H29Cl3O3S. The molecule has 0 saturated carbocycles. The quantitative estimate of drug-likeness (QED) is 0.261. The van der Waals surface area contributed by atoms with Gasteiger partial charge in [-0.15, -0.1) is 11.6 Å². The number of ether oxygens (including phenoxy) is 2. The van der Waals surface area contributed by atoms with Gasteiger partial charge in [0.2, 0.25) is 0 Å². The standard InChI is InChI=1S/C23H29Cl3O3S/c1-4-30-11-5-10-28-21-8-6-16(12-19(21)25)23(2,3)17-7-9-22(20(26)13-17)29-15-18(27)14-24/h6-9,12-13,18,27H,4-5,10-11,14-15H2,1-3H3. The van der Waals surface area contributed by atoms with E-state index < -0.39 is 6.10 Å². The van der Waals surface area contributed by atoms with Crippen LogP contribution in [0.15, 0.2) is 36.4 Å². The molecule has 0 aliphatic rings. The van der Waals surface area contributed by atoms with Crippen LogP contribution in [0.2, 0.25) is 10.0 Å². The maximum absolute atomic E-state index is 9.56. The minimum absolute atomic E-state index is 0.0974. The number of halogens is 3. The van der Waals surface area contributed by atoms with Crippen LogP contribution in [0.1, 0.15) is 38.3 Å². The summed E-state index contributed by atoms with van der Waals surface area (Å²) in [7, 11) is 0. The molecule has 1 atom stereocenters. The molecule has 0 saturated heterocycles. The highest BCUT2D eigenvalue weighted by Gasteiger charge is 2.25. The number of rotatable bonds is 12. The summed E-state index contributed by atoms with van der Waals surface area (Å²) in [6, 6.07) is 11.6. The zero-order valence-electron chi connectivity index (χ0n) is 17.6. The fraction of sp³-hybridized carbons (Fsp3) is 0.478. The van der Waals surface area contributed by atoms with Crippen LogP contribution >= 0.6 is 46.6 Å². The Bertz CT molecular complexity index is 814. The molecule has 0 spiro atoms. The van der Waals surface area contributed by atoms with Gasteiger partial charge in [-0.05, 0) is 53.3 Å². The summed E-state index contributed by atoms with van der Waals surface area (Å²) in [5.74, 6) is 3.54. The smallest absolute Gasteiger partial charge is 0.138 e. The average Bonchev–Trinajstić information content (AvgIpc) is 2.73. The predicted octanol–water partition coefficient (Wildman–Crippen LogP) is 6.82. The van der Waals surface area contributed by atoms with Crippen LogP contribution in [0.3, 0.4) is 0 Å². The van der Waals surface area contributed by atoms with Gasteiger partial charge in [0.05, 0.1) is 22.5 Å². The lowest BCUT2D eigenvalue weighted by Gasteiger charge is -2.27. The Kier molecular flexibility index (Phi) is 10.5. The van der Waals surface area contributed by atoms with Crippen LogP contribution in [0, 0.1) is 0 Å². The van der Waals surface area contributed by atoms with Crippen molar-refractivity contribution in [2.24, 2.45) is 0 Å². The van der Waals surface area contributed by atoms with Crippen molar-refractivity contribution in [2.45, 2.75) is 38.7 Å². The molecule has 2 rings (SSSR count). The molecule has 0 aliphatic heterocycles. The Labute approximate surface area is 199 Å². The highest BCUT2D eigenvalue weighted by Crippen LogP contribution is 2.38. The number of hydrogen-bond acceptors (Lipinski definition) is 4. The maximum atomic E-state index is 9.56. The van der Waals surface area contributed by atoms with Crippen LogP contribution in [0.5, 0.6) is 11.5 Å². The van der Waals surface area contributed by atoms with E-state index >= 15 is 0 Å². The highest BCUT2D eigenvalue weighted by atomic mass is 35.5. The number of alkyl halides is 1. The fourth-order valence-corrected chi connectivity index (χ4v) is 4.07. The second kappa shape index (κ2) is 12.3. The third kappa shape index (κ3) is 7.13. The summed E-state index contributed by atoms with van der Waals surface area (Å²) >= 11 is 20.4. The molecule has 1 N–H and O–H groups in total. The van der Waals surface area contributed by atoms with E-state index in [-0.39, 0.29) is 17.9 Å². The van der Waals surface area contributed by atoms with E-state index in [0.717, 1.165) is 29.1 Å². The van der Waals surface area contributed by atoms with Crippen molar-refractivity contribution < 1.29 is 14.6 Å². The third-order valence-corrected chi connectivity index (χ3v) is 6.74. The topological polar surface area (TPSA) is 38.7 Å². The van der Waals surface area contributed by atoms with E-state index in [1.807, 2.05) is 48.2 Å². The van der Waals surface area contributed by atoms with Gasteiger partial charge in [-0.3, -0.25) is 0 Å². The summed E-state index contributed by atoms with van der Waals surface area (Å²) in [6.07, 6.45) is 0.267. The zero-order chi connectivity index (χ0) is 22.1. The van der Waals surface area contributed by atoms with E-state index in [4.69, 9.17) is 44.3 Å². The molecule has 2 aromatic carbocycles. The zero-order valence-corrected chi connectivity index (χ0v) is 20.7. The van der Waals surface area contributed by atoms with Gasteiger partial charge in [0.15, 0.2) is 0 Å². The molecule has 0 amide bonds. The van der Waals surface area contributed by atoms with Crippen molar-refractivity contribution >= 4 is 46.6 Å². The number of aliphatic hydroxyl groups is 1. The van der Waals surface area contributed by atoms with Crippen molar-refractivity contribution in [3.05, 3.63) is 57.6 Å². The number of thioether (sulfide) groups is 1. The van der Waals surface area contributed by atoms with Crippen LogP contribution in [0.25, 0.3) is 0 Å². The first-order valence-corrected chi connectivity index (χ1v) is 12.4. The molecule has 0 aromatic heterocycles. The fourth-order valence-electron chi connectivity index (χ4n) is 2.90. The molecule has 0 fully saturated rings. The van der Waals surface area contributed by atoms with Gasteiger partial charge in [0.25, 0.3) is 0 Å². The third-order valence-electron chi connectivity index (χ3n) is 4.81. The maximum Gasteiger partial charge on any atom is 0.138 e. The largest absolute Gasteiger partial charge is 0.492 e. The van der Waals surface area contributed by atoms with Crippen molar-refractivity contribution in [3.63, 3.8) is 0 Å². The van der Waals surface area contributed by atoms with Crippen molar-refractivity contribution in [1.29, 1.82) is 0 Å². The lowest BCUT2D eigenvalue weighted by molar-refractivity contribution is 0.125. The Hall–Kier alpha value is -0.780. The molecule has 0 bridgehead atoms. The number of aliphatic hydroxyl groups excluding tert-OH is 1. The molecule has 7 heteroatoms. The minimum Gasteiger partial charge on any atom is -0.492 e. The summed E-state index contributed by atoms with van der Waals surface area (Å²) in [4.78, 5) is 0. The number of hydrogen-bond donors (Lipinski definition) is 1. The normalized spacial score (nSPS) is 12.6. The monoisotopic (exact) mass is 490 g/mol.